The van der Waals surface area contributed by atoms with Crippen LogP contribution in [0.5, 0.6) is 0 Å². The first-order valence-corrected chi connectivity index (χ1v) is 5.82. The van der Waals surface area contributed by atoms with Crippen LogP contribution in [0.15, 0.2) is 30.3 Å². The van der Waals surface area contributed by atoms with Crippen molar-refractivity contribution in [1.29, 1.82) is 0 Å². The number of carbonyl (C=O) groups is 2. The topological polar surface area (TPSA) is 84.9 Å². The summed E-state index contributed by atoms with van der Waals surface area (Å²) in [7, 11) is 1.46. The highest BCUT2D eigenvalue weighted by atomic mass is 16.5. The summed E-state index contributed by atoms with van der Waals surface area (Å²) >= 11 is 0. The molecule has 0 radical (unpaired) electrons. The molecule has 0 spiro atoms. The minimum Gasteiger partial charge on any atom is -0.480 e. The third-order valence-electron chi connectivity index (χ3n) is 2.41. The Morgan fingerprint density at radius 3 is 2.58 bits per heavy atom. The van der Waals surface area contributed by atoms with Crippen molar-refractivity contribution in [3.63, 3.8) is 0 Å². The van der Waals surface area contributed by atoms with Crippen LogP contribution in [0.25, 0.3) is 0 Å². The van der Waals surface area contributed by atoms with Crippen LogP contribution < -0.4 is 5.32 Å². The second kappa shape index (κ2) is 8.10. The molecule has 0 aliphatic heterocycles. The van der Waals surface area contributed by atoms with E-state index in [1.54, 1.807) is 0 Å². The third-order valence-corrected chi connectivity index (χ3v) is 2.41. The highest BCUT2D eigenvalue weighted by Crippen LogP contribution is 2.01. The van der Waals surface area contributed by atoms with Gasteiger partial charge in [-0.05, 0) is 5.56 Å². The number of aliphatic carboxylic acids is 1. The predicted molar refractivity (Wildman–Crippen MR) is 67.7 cm³/mol. The third kappa shape index (κ3) is 5.87. The Kier molecular flexibility index (Phi) is 6.38. The normalized spacial score (nSPS) is 11.6. The summed E-state index contributed by atoms with van der Waals surface area (Å²) in [4.78, 5) is 22.3. The smallest absolute Gasteiger partial charge is 0.408 e. The van der Waals surface area contributed by atoms with Crippen molar-refractivity contribution in [2.75, 3.05) is 13.7 Å². The Balaban J connectivity index is 2.38. The van der Waals surface area contributed by atoms with Crippen LogP contribution in [0.1, 0.15) is 12.0 Å². The first-order valence-electron chi connectivity index (χ1n) is 5.82. The van der Waals surface area contributed by atoms with Gasteiger partial charge >= 0.3 is 12.1 Å². The fourth-order valence-electron chi connectivity index (χ4n) is 1.40. The molecule has 0 bridgehead atoms. The number of hydrogen-bond donors (Lipinski definition) is 2. The van der Waals surface area contributed by atoms with Gasteiger partial charge in [-0.15, -0.1) is 0 Å². The minimum atomic E-state index is -1.12. The van der Waals surface area contributed by atoms with Gasteiger partial charge in [0.1, 0.15) is 12.6 Å². The molecule has 0 unspecified atom stereocenters. The molecule has 0 saturated carbocycles. The molecule has 1 aromatic rings. The fourth-order valence-corrected chi connectivity index (χ4v) is 1.40. The Morgan fingerprint density at radius 1 is 1.32 bits per heavy atom. The molecule has 6 heteroatoms. The Bertz CT molecular complexity index is 407. The van der Waals surface area contributed by atoms with Gasteiger partial charge in [-0.2, -0.15) is 0 Å². The summed E-state index contributed by atoms with van der Waals surface area (Å²) < 4.78 is 9.71. The standard InChI is InChI=1S/C13H17NO5/c1-18-8-7-11(12(15)16)14-13(17)19-9-10-5-3-2-4-6-10/h2-6,11H,7-9H2,1H3,(H,14,17)(H,15,16)/t11-/m1/s1. The second-order valence-corrected chi connectivity index (χ2v) is 3.88. The van der Waals surface area contributed by atoms with Gasteiger partial charge in [0.25, 0.3) is 0 Å². The van der Waals surface area contributed by atoms with E-state index < -0.39 is 18.1 Å². The molecular formula is C13H17NO5. The molecule has 104 valence electrons. The minimum absolute atomic E-state index is 0.100. The van der Waals surface area contributed by atoms with Crippen LogP contribution in [0.3, 0.4) is 0 Å². The zero-order valence-corrected chi connectivity index (χ0v) is 10.7. The van der Waals surface area contributed by atoms with Crippen molar-refractivity contribution in [2.24, 2.45) is 0 Å². The maximum absolute atomic E-state index is 11.5. The first-order chi connectivity index (χ1) is 9.13. The van der Waals surface area contributed by atoms with Crippen LogP contribution in [0, 0.1) is 0 Å². The fraction of sp³-hybridized carbons (Fsp3) is 0.385. The van der Waals surface area contributed by atoms with Gasteiger partial charge in [0.05, 0.1) is 0 Å². The molecule has 19 heavy (non-hydrogen) atoms. The van der Waals surface area contributed by atoms with Crippen molar-refractivity contribution < 1.29 is 24.2 Å². The van der Waals surface area contributed by atoms with Gasteiger partial charge in [0.2, 0.25) is 0 Å². The van der Waals surface area contributed by atoms with Gasteiger partial charge in [-0.3, -0.25) is 0 Å². The van der Waals surface area contributed by atoms with Crippen LogP contribution >= 0.6 is 0 Å². The van der Waals surface area contributed by atoms with E-state index in [1.807, 2.05) is 30.3 Å². The SMILES string of the molecule is COCC[C@@H](NC(=O)OCc1ccccc1)C(=O)O. The number of hydrogen-bond acceptors (Lipinski definition) is 4. The molecule has 1 rings (SSSR count). The molecule has 0 aliphatic rings. The summed E-state index contributed by atoms with van der Waals surface area (Å²) in [5, 5.41) is 11.2. The largest absolute Gasteiger partial charge is 0.480 e. The molecule has 0 heterocycles. The lowest BCUT2D eigenvalue weighted by atomic mass is 10.2. The number of ether oxygens (including phenoxy) is 2. The van der Waals surface area contributed by atoms with Gasteiger partial charge < -0.3 is 19.9 Å². The van der Waals surface area contributed by atoms with Crippen LogP contribution in [0.4, 0.5) is 4.79 Å². The highest BCUT2D eigenvalue weighted by molar-refractivity contribution is 5.79. The summed E-state index contributed by atoms with van der Waals surface area (Å²) in [5.74, 6) is -1.12. The zero-order valence-electron chi connectivity index (χ0n) is 10.7. The zero-order chi connectivity index (χ0) is 14.1. The average Bonchev–Trinajstić information content (AvgIpc) is 2.42. The summed E-state index contributed by atoms with van der Waals surface area (Å²) in [5.41, 5.74) is 0.835. The predicted octanol–water partition coefficient (Wildman–Crippen LogP) is 1.40. The van der Waals surface area contributed by atoms with Crippen molar-refractivity contribution in [1.82, 2.24) is 5.32 Å². The van der Waals surface area contributed by atoms with E-state index >= 15 is 0 Å². The Morgan fingerprint density at radius 2 is 2.00 bits per heavy atom. The number of carbonyl (C=O) groups excluding carboxylic acids is 1. The molecule has 1 aromatic carbocycles. The van der Waals surface area contributed by atoms with E-state index in [4.69, 9.17) is 14.6 Å². The van der Waals surface area contributed by atoms with Crippen LogP contribution in [0.2, 0.25) is 0 Å². The number of benzene rings is 1. The lowest BCUT2D eigenvalue weighted by Crippen LogP contribution is -2.41. The van der Waals surface area contributed by atoms with E-state index in [-0.39, 0.29) is 19.6 Å². The number of carboxylic acids is 1. The average molecular weight is 267 g/mol. The van der Waals surface area contributed by atoms with Crippen molar-refractivity contribution in [3.05, 3.63) is 35.9 Å². The van der Waals surface area contributed by atoms with Crippen molar-refractivity contribution >= 4 is 12.1 Å². The monoisotopic (exact) mass is 267 g/mol. The highest BCUT2D eigenvalue weighted by Gasteiger charge is 2.20. The first kappa shape index (κ1) is 15.0. The summed E-state index contributed by atoms with van der Waals surface area (Å²) in [6.45, 7) is 0.346. The maximum Gasteiger partial charge on any atom is 0.408 e. The van der Waals surface area contributed by atoms with Crippen molar-refractivity contribution in [2.45, 2.75) is 19.1 Å². The summed E-state index contributed by atoms with van der Waals surface area (Å²) in [6, 6.07) is 8.13. The number of alkyl carbamates (subject to hydrolysis) is 1. The molecule has 0 saturated heterocycles. The van der Waals surface area contributed by atoms with E-state index in [0.717, 1.165) is 5.56 Å². The number of nitrogens with one attached hydrogen (secondary N) is 1. The molecule has 0 aliphatic carbocycles. The Hall–Kier alpha value is -2.08. The van der Waals surface area contributed by atoms with E-state index in [1.165, 1.54) is 7.11 Å². The van der Waals surface area contributed by atoms with Gasteiger partial charge in [-0.1, -0.05) is 30.3 Å². The molecule has 2 N–H and O–H groups in total. The van der Waals surface area contributed by atoms with E-state index in [9.17, 15) is 9.59 Å². The lowest BCUT2D eigenvalue weighted by Gasteiger charge is -2.14. The number of amides is 1. The van der Waals surface area contributed by atoms with E-state index in [0.29, 0.717) is 0 Å². The molecule has 6 nitrogen and oxygen atoms in total. The van der Waals surface area contributed by atoms with Gasteiger partial charge in [-0.25, -0.2) is 9.59 Å². The second-order valence-electron chi connectivity index (χ2n) is 3.88. The van der Waals surface area contributed by atoms with Gasteiger partial charge in [0.15, 0.2) is 0 Å². The molecule has 1 amide bonds. The van der Waals surface area contributed by atoms with E-state index in [2.05, 4.69) is 5.32 Å². The van der Waals surface area contributed by atoms with Crippen molar-refractivity contribution in [3.8, 4) is 0 Å². The van der Waals surface area contributed by atoms with Crippen LogP contribution in [-0.4, -0.2) is 36.9 Å². The van der Waals surface area contributed by atoms with Gasteiger partial charge in [0, 0.05) is 20.1 Å². The number of carboxylic acid groups (broad SMARTS) is 1. The van der Waals surface area contributed by atoms with Crippen LogP contribution in [-0.2, 0) is 20.9 Å². The quantitative estimate of drug-likeness (QED) is 0.780. The number of rotatable bonds is 7. The molecule has 0 aromatic heterocycles. The lowest BCUT2D eigenvalue weighted by molar-refractivity contribution is -0.139. The maximum atomic E-state index is 11.5. The molecule has 0 fully saturated rings. The molecular weight excluding hydrogens is 250 g/mol. The Labute approximate surface area is 111 Å². The summed E-state index contributed by atoms with van der Waals surface area (Å²) in [6.07, 6.45) is -0.570. The molecule has 1 atom stereocenters. The number of methoxy groups -OCH3 is 1.